The summed E-state index contributed by atoms with van der Waals surface area (Å²) in [7, 11) is 0. The van der Waals surface area contributed by atoms with Crippen molar-refractivity contribution in [1.29, 1.82) is 0 Å². The normalized spacial score (nSPS) is 12.9. The van der Waals surface area contributed by atoms with E-state index in [4.69, 9.17) is 23.2 Å². The maximum atomic E-state index is 13.2. The van der Waals surface area contributed by atoms with Gasteiger partial charge in [-0.15, -0.1) is 0 Å². The van der Waals surface area contributed by atoms with Crippen molar-refractivity contribution in [1.82, 2.24) is 10.2 Å². The zero-order chi connectivity index (χ0) is 21.6. The van der Waals surface area contributed by atoms with Gasteiger partial charge in [0.25, 0.3) is 0 Å². The third kappa shape index (κ3) is 6.76. The van der Waals surface area contributed by atoms with E-state index in [0.717, 1.165) is 23.1 Å². The summed E-state index contributed by atoms with van der Waals surface area (Å²) in [6, 6.07) is 12.6. The number of amides is 2. The lowest BCUT2D eigenvalue weighted by atomic mass is 10.1. The van der Waals surface area contributed by atoms with Gasteiger partial charge in [0.15, 0.2) is 0 Å². The third-order valence-corrected chi connectivity index (χ3v) is 5.68. The fraction of sp³-hybridized carbons (Fsp3) is 0.391. The van der Waals surface area contributed by atoms with Gasteiger partial charge in [0.1, 0.15) is 6.04 Å². The third-order valence-electron chi connectivity index (χ3n) is 4.94. The Kier molecular flexibility index (Phi) is 8.54. The first-order valence-corrected chi connectivity index (χ1v) is 10.6. The summed E-state index contributed by atoms with van der Waals surface area (Å²) < 4.78 is 0. The van der Waals surface area contributed by atoms with Crippen LogP contribution in [0, 0.1) is 6.92 Å². The monoisotopic (exact) mass is 434 g/mol. The molecule has 2 amide bonds. The fourth-order valence-corrected chi connectivity index (χ4v) is 3.30. The number of rotatable bonds is 8. The maximum Gasteiger partial charge on any atom is 0.242 e. The summed E-state index contributed by atoms with van der Waals surface area (Å²) in [5.41, 5.74) is 2.85. The van der Waals surface area contributed by atoms with Crippen LogP contribution in [0.3, 0.4) is 0 Å². The lowest BCUT2D eigenvalue weighted by molar-refractivity contribution is -0.140. The smallest absolute Gasteiger partial charge is 0.242 e. The summed E-state index contributed by atoms with van der Waals surface area (Å²) in [4.78, 5) is 27.5. The minimum Gasteiger partial charge on any atom is -0.352 e. The molecule has 0 heterocycles. The SMILES string of the molecule is CC[C@H](C)NC(=O)[C@H](C)N(Cc1cccc(C)c1)C(=O)Cc1ccc(Cl)c(Cl)c1. The number of nitrogens with zero attached hydrogens (tertiary/aromatic N) is 1. The maximum absolute atomic E-state index is 13.2. The number of halogens is 2. The van der Waals surface area contributed by atoms with Crippen molar-refractivity contribution >= 4 is 35.0 Å². The highest BCUT2D eigenvalue weighted by molar-refractivity contribution is 6.42. The van der Waals surface area contributed by atoms with Crippen LogP contribution in [0.2, 0.25) is 10.0 Å². The molecule has 0 unspecified atom stereocenters. The number of nitrogens with one attached hydrogen (secondary N) is 1. The Labute approximate surface area is 183 Å². The molecule has 2 aromatic carbocycles. The second-order valence-corrected chi connectivity index (χ2v) is 8.24. The Bertz CT molecular complexity index is 870. The molecule has 156 valence electrons. The van der Waals surface area contributed by atoms with E-state index in [9.17, 15) is 9.59 Å². The Hall–Kier alpha value is -2.04. The van der Waals surface area contributed by atoms with Crippen molar-refractivity contribution in [2.45, 2.75) is 59.2 Å². The highest BCUT2D eigenvalue weighted by Crippen LogP contribution is 2.23. The van der Waals surface area contributed by atoms with Gasteiger partial charge in [-0.3, -0.25) is 9.59 Å². The molecular formula is C23H28Cl2N2O2. The van der Waals surface area contributed by atoms with Crippen LogP contribution in [-0.2, 0) is 22.6 Å². The van der Waals surface area contributed by atoms with Crippen LogP contribution in [0.4, 0.5) is 0 Å². The first kappa shape index (κ1) is 23.2. The van der Waals surface area contributed by atoms with Crippen molar-refractivity contribution in [3.63, 3.8) is 0 Å². The molecule has 2 atom stereocenters. The van der Waals surface area contributed by atoms with Crippen molar-refractivity contribution in [2.75, 3.05) is 0 Å². The Morgan fingerprint density at radius 1 is 1.03 bits per heavy atom. The average molecular weight is 435 g/mol. The molecular weight excluding hydrogens is 407 g/mol. The molecule has 6 heteroatoms. The van der Waals surface area contributed by atoms with E-state index >= 15 is 0 Å². The average Bonchev–Trinajstić information content (AvgIpc) is 2.68. The van der Waals surface area contributed by atoms with Crippen LogP contribution < -0.4 is 5.32 Å². The summed E-state index contributed by atoms with van der Waals surface area (Å²) in [5, 5.41) is 3.82. The zero-order valence-electron chi connectivity index (χ0n) is 17.3. The molecule has 2 rings (SSSR count). The predicted molar refractivity (Wildman–Crippen MR) is 119 cm³/mol. The highest BCUT2D eigenvalue weighted by atomic mass is 35.5. The van der Waals surface area contributed by atoms with Crippen LogP contribution in [-0.4, -0.2) is 28.8 Å². The van der Waals surface area contributed by atoms with E-state index in [2.05, 4.69) is 5.32 Å². The van der Waals surface area contributed by atoms with E-state index < -0.39 is 6.04 Å². The molecule has 0 radical (unpaired) electrons. The molecule has 1 N–H and O–H groups in total. The van der Waals surface area contributed by atoms with Gasteiger partial charge in [0.2, 0.25) is 11.8 Å². The molecule has 0 aliphatic rings. The molecule has 2 aromatic rings. The van der Waals surface area contributed by atoms with Gasteiger partial charge in [0.05, 0.1) is 16.5 Å². The van der Waals surface area contributed by atoms with E-state index in [1.54, 1.807) is 30.0 Å². The number of aryl methyl sites for hydroxylation is 1. The van der Waals surface area contributed by atoms with Crippen LogP contribution in [0.5, 0.6) is 0 Å². The standard InChI is InChI=1S/C23H28Cl2N2O2/c1-5-16(3)26-23(29)17(4)27(14-19-8-6-7-15(2)11-19)22(28)13-18-9-10-20(24)21(25)12-18/h6-12,16-17H,5,13-14H2,1-4H3,(H,26,29)/t16-,17-/m0/s1. The van der Waals surface area contributed by atoms with Gasteiger partial charge in [-0.25, -0.2) is 0 Å². The van der Waals surface area contributed by atoms with Crippen LogP contribution in [0.1, 0.15) is 43.9 Å². The number of carbonyl (C=O) groups is 2. The van der Waals surface area contributed by atoms with Gasteiger partial charge in [-0.05, 0) is 50.5 Å². The summed E-state index contributed by atoms with van der Waals surface area (Å²) in [6.07, 6.45) is 0.969. The first-order chi connectivity index (χ1) is 13.7. The molecule has 0 saturated heterocycles. The molecule has 0 fully saturated rings. The summed E-state index contributed by atoms with van der Waals surface area (Å²) in [5.74, 6) is -0.300. The van der Waals surface area contributed by atoms with Crippen molar-refractivity contribution in [2.24, 2.45) is 0 Å². The van der Waals surface area contributed by atoms with Gasteiger partial charge < -0.3 is 10.2 Å². The summed E-state index contributed by atoms with van der Waals surface area (Å²) >= 11 is 12.1. The molecule has 0 aromatic heterocycles. The Balaban J connectivity index is 2.25. The van der Waals surface area contributed by atoms with E-state index in [1.807, 2.05) is 45.0 Å². The molecule has 0 saturated carbocycles. The number of benzene rings is 2. The number of carbonyl (C=O) groups excluding carboxylic acids is 2. The van der Waals surface area contributed by atoms with Crippen molar-refractivity contribution < 1.29 is 9.59 Å². The molecule has 0 bridgehead atoms. The molecule has 4 nitrogen and oxygen atoms in total. The lowest BCUT2D eigenvalue weighted by Gasteiger charge is -2.30. The van der Waals surface area contributed by atoms with Crippen molar-refractivity contribution in [3.05, 3.63) is 69.2 Å². The predicted octanol–water partition coefficient (Wildman–Crippen LogP) is 5.18. The number of hydrogen-bond acceptors (Lipinski definition) is 2. The lowest BCUT2D eigenvalue weighted by Crippen LogP contribution is -2.49. The van der Waals surface area contributed by atoms with E-state index in [-0.39, 0.29) is 24.3 Å². The van der Waals surface area contributed by atoms with Crippen molar-refractivity contribution in [3.8, 4) is 0 Å². The van der Waals surface area contributed by atoms with Crippen LogP contribution in [0.15, 0.2) is 42.5 Å². The summed E-state index contributed by atoms with van der Waals surface area (Å²) in [6.45, 7) is 8.09. The minimum absolute atomic E-state index is 0.0518. The quantitative estimate of drug-likeness (QED) is 0.622. The molecule has 0 spiro atoms. The second kappa shape index (κ2) is 10.7. The second-order valence-electron chi connectivity index (χ2n) is 7.43. The fourth-order valence-electron chi connectivity index (χ4n) is 2.98. The zero-order valence-corrected chi connectivity index (χ0v) is 18.8. The Morgan fingerprint density at radius 3 is 2.38 bits per heavy atom. The van der Waals surface area contributed by atoms with Gasteiger partial charge in [-0.2, -0.15) is 0 Å². The van der Waals surface area contributed by atoms with Crippen LogP contribution in [0.25, 0.3) is 0 Å². The number of hydrogen-bond donors (Lipinski definition) is 1. The van der Waals surface area contributed by atoms with E-state index in [0.29, 0.717) is 16.6 Å². The van der Waals surface area contributed by atoms with Gasteiger partial charge in [-0.1, -0.05) is 66.0 Å². The first-order valence-electron chi connectivity index (χ1n) is 9.80. The minimum atomic E-state index is -0.597. The topological polar surface area (TPSA) is 49.4 Å². The van der Waals surface area contributed by atoms with E-state index in [1.165, 1.54) is 0 Å². The molecule has 0 aliphatic heterocycles. The molecule has 0 aliphatic carbocycles. The Morgan fingerprint density at radius 2 is 1.76 bits per heavy atom. The molecule has 29 heavy (non-hydrogen) atoms. The van der Waals surface area contributed by atoms with Crippen LogP contribution >= 0.6 is 23.2 Å². The largest absolute Gasteiger partial charge is 0.352 e. The highest BCUT2D eigenvalue weighted by Gasteiger charge is 2.27. The van der Waals surface area contributed by atoms with Gasteiger partial charge >= 0.3 is 0 Å². The van der Waals surface area contributed by atoms with Gasteiger partial charge in [0, 0.05) is 12.6 Å².